The molecule has 1 aliphatic rings. The highest BCUT2D eigenvalue weighted by molar-refractivity contribution is 6.36. The van der Waals surface area contributed by atoms with Crippen LogP contribution in [0.4, 0.5) is 4.39 Å². The average molecular weight is 433 g/mol. The van der Waals surface area contributed by atoms with Gasteiger partial charge in [-0.25, -0.2) is 4.39 Å². The van der Waals surface area contributed by atoms with Gasteiger partial charge in [0.25, 0.3) is 5.91 Å². The van der Waals surface area contributed by atoms with Crippen molar-refractivity contribution in [2.24, 2.45) is 17.2 Å². The highest BCUT2D eigenvalue weighted by Gasteiger charge is 2.21. The Hall–Kier alpha value is -2.16. The van der Waals surface area contributed by atoms with Crippen LogP contribution in [0.2, 0.25) is 10.0 Å². The minimum Gasteiger partial charge on any atom is -0.482 e. The number of hydrogen-bond acceptors (Lipinski definition) is 6. The quantitative estimate of drug-likeness (QED) is 0.236. The van der Waals surface area contributed by atoms with Crippen molar-refractivity contribution >= 4 is 29.1 Å². The highest BCUT2D eigenvalue weighted by atomic mass is 35.5. The number of carbonyl (C=O) groups is 1. The molecule has 1 heterocycles. The Morgan fingerprint density at radius 1 is 1.32 bits per heavy atom. The molecule has 28 heavy (non-hydrogen) atoms. The standard InChI is InChI=1S/C18H23Cl2FN4O3/c1-9(15-11(19)2-3-12(21)16(15)20)28-14(17(23)24)8-13(22)18(26)25-10-4-6-27-7-5-10/h2-3,8-10H,4-7,22-24H2,1H3,(H,25,26)/b13-8-. The number of rotatable bonds is 6. The summed E-state index contributed by atoms with van der Waals surface area (Å²) in [6, 6.07) is 2.48. The molecule has 0 spiro atoms. The Morgan fingerprint density at radius 2 is 1.96 bits per heavy atom. The van der Waals surface area contributed by atoms with E-state index in [2.05, 4.69) is 5.32 Å². The number of ether oxygens (including phenoxy) is 2. The molecule has 0 radical (unpaired) electrons. The molecule has 1 aliphatic heterocycles. The fourth-order valence-corrected chi connectivity index (χ4v) is 3.35. The van der Waals surface area contributed by atoms with E-state index < -0.39 is 17.8 Å². The van der Waals surface area contributed by atoms with Crippen LogP contribution >= 0.6 is 23.2 Å². The lowest BCUT2D eigenvalue weighted by Crippen LogP contribution is -2.41. The molecule has 1 unspecified atom stereocenters. The number of hydrogen-bond donors (Lipinski definition) is 4. The van der Waals surface area contributed by atoms with Crippen LogP contribution in [0.25, 0.3) is 0 Å². The molecule has 0 saturated carbocycles. The zero-order chi connectivity index (χ0) is 20.8. The van der Waals surface area contributed by atoms with Gasteiger partial charge in [0.2, 0.25) is 0 Å². The second-order valence-electron chi connectivity index (χ2n) is 6.30. The molecule has 7 N–H and O–H groups in total. The molecular weight excluding hydrogens is 410 g/mol. The number of halogens is 3. The second kappa shape index (κ2) is 9.86. The number of nitrogens with two attached hydrogens (primary N) is 3. The Bertz CT molecular complexity index is 791. The first-order chi connectivity index (χ1) is 13.2. The first-order valence-corrected chi connectivity index (χ1v) is 9.37. The number of allylic oxidation sites excluding steroid dienone is 1. The lowest BCUT2D eigenvalue weighted by Gasteiger charge is -2.23. The van der Waals surface area contributed by atoms with Crippen LogP contribution < -0.4 is 22.5 Å². The van der Waals surface area contributed by atoms with Crippen LogP contribution in [0.1, 0.15) is 31.4 Å². The molecular formula is C18H23Cl2FN4O3. The van der Waals surface area contributed by atoms with E-state index in [1.54, 1.807) is 6.92 Å². The van der Waals surface area contributed by atoms with Crippen molar-refractivity contribution < 1.29 is 18.7 Å². The van der Waals surface area contributed by atoms with Crippen molar-refractivity contribution in [2.45, 2.75) is 31.9 Å². The molecule has 0 aromatic heterocycles. The van der Waals surface area contributed by atoms with Crippen LogP contribution in [0.15, 0.2) is 35.5 Å². The Balaban J connectivity index is 2.15. The number of carbonyl (C=O) groups excluding carboxylic acids is 1. The molecule has 10 heteroatoms. The maximum absolute atomic E-state index is 13.8. The maximum atomic E-state index is 13.8. The minimum absolute atomic E-state index is 0.0272. The zero-order valence-electron chi connectivity index (χ0n) is 15.3. The highest BCUT2D eigenvalue weighted by Crippen LogP contribution is 2.35. The average Bonchev–Trinajstić information content (AvgIpc) is 2.65. The molecule has 1 aromatic carbocycles. The van der Waals surface area contributed by atoms with E-state index in [1.165, 1.54) is 12.1 Å². The third-order valence-corrected chi connectivity index (χ3v) is 4.89. The SMILES string of the molecule is CC(OC(/C=C(\N)C(=O)NC1CCOCC1)=C(N)N)c1c(Cl)ccc(F)c1Cl. The van der Waals surface area contributed by atoms with E-state index >= 15 is 0 Å². The van der Waals surface area contributed by atoms with Crippen LogP contribution in [-0.4, -0.2) is 25.2 Å². The lowest BCUT2D eigenvalue weighted by atomic mass is 10.1. The third kappa shape index (κ3) is 5.67. The summed E-state index contributed by atoms with van der Waals surface area (Å²) in [7, 11) is 0. The zero-order valence-corrected chi connectivity index (χ0v) is 16.8. The molecule has 1 saturated heterocycles. The van der Waals surface area contributed by atoms with Gasteiger partial charge in [0.1, 0.15) is 23.4 Å². The summed E-state index contributed by atoms with van der Waals surface area (Å²) in [4.78, 5) is 12.3. The van der Waals surface area contributed by atoms with E-state index in [0.717, 1.165) is 6.07 Å². The molecule has 2 rings (SSSR count). The van der Waals surface area contributed by atoms with Crippen LogP contribution in [0.3, 0.4) is 0 Å². The van der Waals surface area contributed by atoms with E-state index in [1.807, 2.05) is 0 Å². The topological polar surface area (TPSA) is 126 Å². The summed E-state index contributed by atoms with van der Waals surface area (Å²) >= 11 is 12.1. The molecule has 0 bridgehead atoms. The van der Waals surface area contributed by atoms with E-state index in [4.69, 9.17) is 49.9 Å². The van der Waals surface area contributed by atoms with Crippen molar-refractivity contribution in [1.29, 1.82) is 0 Å². The Morgan fingerprint density at radius 3 is 2.57 bits per heavy atom. The molecule has 0 aliphatic carbocycles. The van der Waals surface area contributed by atoms with Gasteiger partial charge in [-0.2, -0.15) is 0 Å². The van der Waals surface area contributed by atoms with E-state index in [9.17, 15) is 9.18 Å². The van der Waals surface area contributed by atoms with Gasteiger partial charge in [0, 0.05) is 35.9 Å². The first-order valence-electron chi connectivity index (χ1n) is 8.61. The molecule has 1 fully saturated rings. The van der Waals surface area contributed by atoms with E-state index in [0.29, 0.717) is 26.1 Å². The molecule has 154 valence electrons. The van der Waals surface area contributed by atoms with Crippen LogP contribution in [-0.2, 0) is 14.3 Å². The monoisotopic (exact) mass is 432 g/mol. The second-order valence-corrected chi connectivity index (χ2v) is 7.08. The molecule has 1 atom stereocenters. The minimum atomic E-state index is -0.810. The molecule has 1 aromatic rings. The van der Waals surface area contributed by atoms with Gasteiger partial charge >= 0.3 is 0 Å². The number of nitrogens with one attached hydrogen (secondary N) is 1. The van der Waals surface area contributed by atoms with Crippen molar-refractivity contribution in [3.8, 4) is 0 Å². The van der Waals surface area contributed by atoms with Gasteiger partial charge in [0.15, 0.2) is 5.76 Å². The van der Waals surface area contributed by atoms with Gasteiger partial charge in [-0.15, -0.1) is 0 Å². The van der Waals surface area contributed by atoms with Crippen molar-refractivity contribution in [3.05, 3.63) is 56.9 Å². The Labute approximate surface area is 172 Å². The van der Waals surface area contributed by atoms with Gasteiger partial charge in [-0.05, 0) is 31.9 Å². The van der Waals surface area contributed by atoms with Crippen molar-refractivity contribution in [3.63, 3.8) is 0 Å². The van der Waals surface area contributed by atoms with Crippen LogP contribution in [0.5, 0.6) is 0 Å². The fourth-order valence-electron chi connectivity index (χ4n) is 2.67. The summed E-state index contributed by atoms with van der Waals surface area (Å²) in [5.74, 6) is -1.39. The lowest BCUT2D eigenvalue weighted by molar-refractivity contribution is -0.118. The fraction of sp³-hybridized carbons (Fsp3) is 0.389. The Kier molecular flexibility index (Phi) is 7.79. The van der Waals surface area contributed by atoms with Crippen molar-refractivity contribution in [2.75, 3.05) is 13.2 Å². The van der Waals surface area contributed by atoms with Gasteiger partial charge in [-0.1, -0.05) is 23.2 Å². The van der Waals surface area contributed by atoms with Gasteiger partial charge in [0.05, 0.1) is 5.02 Å². The molecule has 1 amide bonds. The third-order valence-electron chi connectivity index (χ3n) is 4.18. The predicted octanol–water partition coefficient (Wildman–Crippen LogP) is 2.43. The smallest absolute Gasteiger partial charge is 0.267 e. The summed E-state index contributed by atoms with van der Waals surface area (Å²) in [6.45, 7) is 2.73. The molecule has 7 nitrogen and oxygen atoms in total. The van der Waals surface area contributed by atoms with Crippen LogP contribution in [0, 0.1) is 5.82 Å². The first kappa shape index (κ1) is 22.1. The summed E-state index contributed by atoms with van der Waals surface area (Å²) in [6.07, 6.45) is 1.80. The largest absolute Gasteiger partial charge is 0.482 e. The number of amides is 1. The maximum Gasteiger partial charge on any atom is 0.267 e. The summed E-state index contributed by atoms with van der Waals surface area (Å²) in [5.41, 5.74) is 17.2. The van der Waals surface area contributed by atoms with E-state index in [-0.39, 0.29) is 38.9 Å². The number of benzene rings is 1. The summed E-state index contributed by atoms with van der Waals surface area (Å²) < 4.78 is 24.7. The van der Waals surface area contributed by atoms with Crippen molar-refractivity contribution in [1.82, 2.24) is 5.32 Å². The predicted molar refractivity (Wildman–Crippen MR) is 106 cm³/mol. The van der Waals surface area contributed by atoms with Gasteiger partial charge in [-0.3, -0.25) is 4.79 Å². The summed E-state index contributed by atoms with van der Waals surface area (Å²) in [5, 5.41) is 2.84. The normalized spacial score (nSPS) is 16.4. The van der Waals surface area contributed by atoms with Gasteiger partial charge < -0.3 is 32.0 Å².